The van der Waals surface area contributed by atoms with Gasteiger partial charge in [-0.3, -0.25) is 0 Å². The maximum absolute atomic E-state index is 12.3. The average Bonchev–Trinajstić information content (AvgIpc) is 3.20. The maximum atomic E-state index is 12.3. The van der Waals surface area contributed by atoms with Crippen LogP contribution in [-0.2, 0) is 16.0 Å². The zero-order valence-corrected chi connectivity index (χ0v) is 13.2. The molecule has 0 saturated carbocycles. The van der Waals surface area contributed by atoms with Gasteiger partial charge >= 0.3 is 6.03 Å². The van der Waals surface area contributed by atoms with E-state index in [9.17, 15) is 4.79 Å². The van der Waals surface area contributed by atoms with E-state index < -0.39 is 5.79 Å². The summed E-state index contributed by atoms with van der Waals surface area (Å²) in [6.45, 7) is 6.23. The summed E-state index contributed by atoms with van der Waals surface area (Å²) in [5.41, 5.74) is 0. The third-order valence-corrected chi connectivity index (χ3v) is 4.62. The van der Waals surface area contributed by atoms with E-state index in [1.165, 1.54) is 0 Å². The van der Waals surface area contributed by atoms with Crippen molar-refractivity contribution in [3.05, 3.63) is 24.5 Å². The largest absolute Gasteiger partial charge is 0.353 e. The number of aromatic nitrogens is 1. The van der Waals surface area contributed by atoms with Crippen molar-refractivity contribution in [2.45, 2.75) is 32.1 Å². The van der Waals surface area contributed by atoms with Crippen molar-refractivity contribution in [3.63, 3.8) is 0 Å². The third kappa shape index (κ3) is 3.44. The lowest BCUT2D eigenvalue weighted by Crippen LogP contribution is -2.51. The van der Waals surface area contributed by atoms with Gasteiger partial charge in [-0.05, 0) is 31.9 Å². The number of ether oxygens (including phenoxy) is 2. The Morgan fingerprint density at radius 1 is 1.32 bits per heavy atom. The molecule has 2 aliphatic heterocycles. The van der Waals surface area contributed by atoms with Crippen LogP contribution in [0, 0.1) is 5.92 Å². The predicted octanol–water partition coefficient (Wildman–Crippen LogP) is 1.67. The van der Waals surface area contributed by atoms with Crippen LogP contribution < -0.4 is 5.32 Å². The lowest BCUT2D eigenvalue weighted by atomic mass is 9.90. The number of amides is 2. The van der Waals surface area contributed by atoms with Gasteiger partial charge in [-0.1, -0.05) is 0 Å². The summed E-state index contributed by atoms with van der Waals surface area (Å²) in [5, 5.41) is 3.00. The average molecular weight is 307 g/mol. The van der Waals surface area contributed by atoms with E-state index in [1.807, 2.05) is 36.4 Å². The topological polar surface area (TPSA) is 55.7 Å². The molecule has 0 spiro atoms. The maximum Gasteiger partial charge on any atom is 0.317 e. The number of rotatable bonds is 4. The Morgan fingerprint density at radius 3 is 2.77 bits per heavy atom. The molecule has 122 valence electrons. The number of hydrogen-bond donors (Lipinski definition) is 1. The normalized spacial score (nSPS) is 24.4. The Kier molecular flexibility index (Phi) is 4.69. The molecule has 2 aliphatic rings. The molecule has 0 aromatic carbocycles. The molecule has 22 heavy (non-hydrogen) atoms. The zero-order chi connectivity index (χ0) is 15.4. The van der Waals surface area contributed by atoms with E-state index in [0.717, 1.165) is 25.9 Å². The molecule has 1 aromatic rings. The summed E-state index contributed by atoms with van der Waals surface area (Å²) in [7, 11) is 0. The Hall–Kier alpha value is -1.53. The van der Waals surface area contributed by atoms with E-state index in [1.54, 1.807) is 0 Å². The van der Waals surface area contributed by atoms with Crippen LogP contribution >= 0.6 is 0 Å². The van der Waals surface area contributed by atoms with Crippen molar-refractivity contribution in [2.24, 2.45) is 5.92 Å². The van der Waals surface area contributed by atoms with Gasteiger partial charge in [-0.2, -0.15) is 0 Å². The van der Waals surface area contributed by atoms with Gasteiger partial charge in [0.1, 0.15) is 0 Å². The molecule has 1 aromatic heterocycles. The highest BCUT2D eigenvalue weighted by atomic mass is 16.7. The number of hydrogen-bond acceptors (Lipinski definition) is 3. The first-order chi connectivity index (χ1) is 10.7. The molecule has 3 heterocycles. The highest BCUT2D eigenvalue weighted by molar-refractivity contribution is 5.74. The first kappa shape index (κ1) is 15.4. The monoisotopic (exact) mass is 307 g/mol. The zero-order valence-electron chi connectivity index (χ0n) is 13.2. The lowest BCUT2D eigenvalue weighted by molar-refractivity contribution is -0.189. The van der Waals surface area contributed by atoms with Gasteiger partial charge in [-0.25, -0.2) is 4.79 Å². The molecule has 2 amide bonds. The Labute approximate surface area is 131 Å². The highest BCUT2D eigenvalue weighted by Crippen LogP contribution is 2.33. The minimum atomic E-state index is -0.524. The molecule has 1 N–H and O–H groups in total. The molecule has 0 bridgehead atoms. The van der Waals surface area contributed by atoms with Crippen molar-refractivity contribution >= 4 is 6.03 Å². The van der Waals surface area contributed by atoms with Gasteiger partial charge in [0, 0.05) is 44.5 Å². The summed E-state index contributed by atoms with van der Waals surface area (Å²) in [4.78, 5) is 14.2. The number of nitrogens with zero attached hydrogens (tertiary/aromatic N) is 2. The SMILES string of the molecule is CC1([C@@H]2CCCN(C(=O)NCCn3cccc3)C2)OCCO1. The molecule has 2 saturated heterocycles. The molecule has 2 fully saturated rings. The number of nitrogens with one attached hydrogen (secondary N) is 1. The smallest absolute Gasteiger partial charge is 0.317 e. The van der Waals surface area contributed by atoms with E-state index >= 15 is 0 Å². The second-order valence-corrected chi connectivity index (χ2v) is 6.15. The van der Waals surface area contributed by atoms with E-state index in [-0.39, 0.29) is 11.9 Å². The van der Waals surface area contributed by atoms with Crippen LogP contribution in [0.15, 0.2) is 24.5 Å². The Balaban J connectivity index is 1.47. The number of likely N-dealkylation sites (tertiary alicyclic amines) is 1. The van der Waals surface area contributed by atoms with Gasteiger partial charge < -0.3 is 24.3 Å². The number of piperidine rings is 1. The van der Waals surface area contributed by atoms with Gasteiger partial charge in [-0.15, -0.1) is 0 Å². The number of carbonyl (C=O) groups is 1. The lowest BCUT2D eigenvalue weighted by Gasteiger charge is -2.39. The number of carbonyl (C=O) groups excluding carboxylic acids is 1. The minimum Gasteiger partial charge on any atom is -0.353 e. The molecular weight excluding hydrogens is 282 g/mol. The Morgan fingerprint density at radius 2 is 2.05 bits per heavy atom. The molecule has 0 radical (unpaired) electrons. The molecule has 0 aliphatic carbocycles. The van der Waals surface area contributed by atoms with Crippen molar-refractivity contribution in [3.8, 4) is 0 Å². The van der Waals surface area contributed by atoms with Gasteiger partial charge in [0.2, 0.25) is 0 Å². The first-order valence-electron chi connectivity index (χ1n) is 8.09. The molecule has 0 unspecified atom stereocenters. The van der Waals surface area contributed by atoms with Crippen molar-refractivity contribution in [2.75, 3.05) is 32.8 Å². The summed E-state index contributed by atoms with van der Waals surface area (Å²) >= 11 is 0. The predicted molar refractivity (Wildman–Crippen MR) is 82.4 cm³/mol. The third-order valence-electron chi connectivity index (χ3n) is 4.62. The summed E-state index contributed by atoms with van der Waals surface area (Å²) in [5.74, 6) is -0.275. The van der Waals surface area contributed by atoms with Crippen molar-refractivity contribution in [1.82, 2.24) is 14.8 Å². The van der Waals surface area contributed by atoms with Crippen LogP contribution in [0.3, 0.4) is 0 Å². The van der Waals surface area contributed by atoms with Crippen molar-refractivity contribution in [1.29, 1.82) is 0 Å². The Bertz CT molecular complexity index is 483. The van der Waals surface area contributed by atoms with Crippen LogP contribution in [0.4, 0.5) is 4.79 Å². The van der Waals surface area contributed by atoms with Crippen LogP contribution in [0.1, 0.15) is 19.8 Å². The van der Waals surface area contributed by atoms with Crippen molar-refractivity contribution < 1.29 is 14.3 Å². The standard InChI is InChI=1S/C16H25N3O3/c1-16(21-11-12-22-16)14-5-4-9-19(13-14)15(20)17-6-10-18-7-2-3-8-18/h2-3,7-8,14H,4-6,9-13H2,1H3,(H,17,20)/t14-/m1/s1. The minimum absolute atomic E-state index is 0.0125. The number of urea groups is 1. The summed E-state index contributed by atoms with van der Waals surface area (Å²) < 4.78 is 13.6. The van der Waals surface area contributed by atoms with Crippen LogP contribution in [0.2, 0.25) is 0 Å². The van der Waals surface area contributed by atoms with Crippen LogP contribution in [0.5, 0.6) is 0 Å². The fourth-order valence-electron chi connectivity index (χ4n) is 3.28. The molecule has 3 rings (SSSR count). The van der Waals surface area contributed by atoms with E-state index in [0.29, 0.717) is 26.3 Å². The fourth-order valence-corrected chi connectivity index (χ4v) is 3.28. The fraction of sp³-hybridized carbons (Fsp3) is 0.688. The molecule has 6 heteroatoms. The van der Waals surface area contributed by atoms with E-state index in [2.05, 4.69) is 9.88 Å². The van der Waals surface area contributed by atoms with Gasteiger partial charge in [0.25, 0.3) is 0 Å². The highest BCUT2D eigenvalue weighted by Gasteiger charge is 2.42. The summed E-state index contributed by atoms with van der Waals surface area (Å²) in [6.07, 6.45) is 6.04. The van der Waals surface area contributed by atoms with Gasteiger partial charge in [0.05, 0.1) is 13.2 Å². The molecule has 1 atom stereocenters. The second-order valence-electron chi connectivity index (χ2n) is 6.15. The molecular formula is C16H25N3O3. The summed E-state index contributed by atoms with van der Waals surface area (Å²) in [6, 6.07) is 3.98. The van der Waals surface area contributed by atoms with Gasteiger partial charge in [0.15, 0.2) is 5.79 Å². The van der Waals surface area contributed by atoms with Crippen LogP contribution in [0.25, 0.3) is 0 Å². The second kappa shape index (κ2) is 6.71. The van der Waals surface area contributed by atoms with Crippen LogP contribution in [-0.4, -0.2) is 54.1 Å². The van der Waals surface area contributed by atoms with E-state index in [4.69, 9.17) is 9.47 Å². The molecule has 6 nitrogen and oxygen atoms in total. The first-order valence-corrected chi connectivity index (χ1v) is 8.09. The quantitative estimate of drug-likeness (QED) is 0.920.